The maximum atomic E-state index is 13.7. The van der Waals surface area contributed by atoms with Crippen LogP contribution in [0.15, 0.2) is 47.6 Å². The third kappa shape index (κ3) is 6.81. The maximum Gasteiger partial charge on any atom is 0.346 e. The molecule has 1 atom stereocenters. The monoisotopic (exact) mass is 419 g/mol. The normalized spacial score (nSPS) is 11.7. The van der Waals surface area contributed by atoms with Crippen LogP contribution in [-0.2, 0) is 4.74 Å². The number of methoxy groups -OCH3 is 2. The van der Waals surface area contributed by atoms with E-state index in [1.807, 2.05) is 6.92 Å². The number of nitrogens with zero attached hydrogens (tertiary/aromatic N) is 1. The van der Waals surface area contributed by atoms with E-state index < -0.39 is 11.8 Å². The summed E-state index contributed by atoms with van der Waals surface area (Å²) >= 11 is 5.13. The summed E-state index contributed by atoms with van der Waals surface area (Å²) in [4.78, 5) is 12.2. The fraction of sp³-hybridized carbons (Fsp3) is 0.250. The van der Waals surface area contributed by atoms with Crippen molar-refractivity contribution in [3.63, 3.8) is 0 Å². The Morgan fingerprint density at radius 3 is 2.69 bits per heavy atom. The number of carbonyl (C=O) groups excluding carboxylic acids is 1. The molecule has 29 heavy (non-hydrogen) atoms. The minimum Gasteiger partial charge on any atom is -0.493 e. The molecular formula is C20H22FN3O4S. The van der Waals surface area contributed by atoms with Crippen LogP contribution in [0.25, 0.3) is 0 Å². The zero-order valence-electron chi connectivity index (χ0n) is 16.3. The molecule has 0 aromatic heterocycles. The second-order valence-electron chi connectivity index (χ2n) is 5.98. The summed E-state index contributed by atoms with van der Waals surface area (Å²) in [5.74, 6) is -1.01. The first-order valence-electron chi connectivity index (χ1n) is 8.67. The highest BCUT2D eigenvalue weighted by atomic mass is 32.1. The fourth-order valence-electron chi connectivity index (χ4n) is 2.34. The molecule has 0 saturated carbocycles. The first kappa shape index (κ1) is 22.3. The SMILES string of the molecule is COC[C@@H](C)NC(=S)N/N=C\c1ccc(OC(=O)c2ccccc2F)c(OC)c1. The Labute approximate surface area is 173 Å². The summed E-state index contributed by atoms with van der Waals surface area (Å²) in [5, 5.41) is 7.41. The fourth-order valence-corrected chi connectivity index (χ4v) is 2.60. The molecule has 7 nitrogen and oxygen atoms in total. The van der Waals surface area contributed by atoms with Crippen molar-refractivity contribution >= 4 is 29.5 Å². The van der Waals surface area contributed by atoms with Gasteiger partial charge in [-0.1, -0.05) is 12.1 Å². The maximum absolute atomic E-state index is 13.7. The van der Waals surface area contributed by atoms with Gasteiger partial charge in [0.05, 0.1) is 25.5 Å². The molecule has 0 aliphatic carbocycles. The van der Waals surface area contributed by atoms with Gasteiger partial charge in [0.2, 0.25) is 0 Å². The van der Waals surface area contributed by atoms with Crippen LogP contribution < -0.4 is 20.2 Å². The third-order valence-electron chi connectivity index (χ3n) is 3.66. The van der Waals surface area contributed by atoms with Crippen molar-refractivity contribution in [2.75, 3.05) is 20.8 Å². The number of hydrogen-bond acceptors (Lipinski definition) is 6. The molecule has 0 bridgehead atoms. The van der Waals surface area contributed by atoms with Crippen LogP contribution in [0.5, 0.6) is 11.5 Å². The van der Waals surface area contributed by atoms with Crippen molar-refractivity contribution in [1.29, 1.82) is 0 Å². The van der Waals surface area contributed by atoms with E-state index in [4.69, 9.17) is 26.4 Å². The lowest BCUT2D eigenvalue weighted by atomic mass is 10.2. The van der Waals surface area contributed by atoms with Crippen LogP contribution in [0.4, 0.5) is 4.39 Å². The van der Waals surface area contributed by atoms with E-state index in [2.05, 4.69) is 15.8 Å². The van der Waals surface area contributed by atoms with Crippen molar-refractivity contribution in [2.24, 2.45) is 5.10 Å². The predicted molar refractivity (Wildman–Crippen MR) is 112 cm³/mol. The molecule has 2 rings (SSSR count). The van der Waals surface area contributed by atoms with Gasteiger partial charge >= 0.3 is 5.97 Å². The quantitative estimate of drug-likeness (QED) is 0.224. The second kappa shape index (κ2) is 11.1. The highest BCUT2D eigenvalue weighted by Gasteiger charge is 2.16. The number of thiocarbonyl (C=S) groups is 1. The number of hydrazone groups is 1. The van der Waals surface area contributed by atoms with Crippen LogP contribution >= 0.6 is 12.2 Å². The van der Waals surface area contributed by atoms with Crippen LogP contribution in [0.3, 0.4) is 0 Å². The van der Waals surface area contributed by atoms with Gasteiger partial charge in [0.1, 0.15) is 5.82 Å². The Hall–Kier alpha value is -3.04. The minimum absolute atomic E-state index is 0.0405. The number of halogens is 1. The largest absolute Gasteiger partial charge is 0.493 e. The van der Waals surface area contributed by atoms with Gasteiger partial charge in [0.25, 0.3) is 0 Å². The lowest BCUT2D eigenvalue weighted by Gasteiger charge is -2.13. The minimum atomic E-state index is -0.814. The van der Waals surface area contributed by atoms with Crippen molar-refractivity contribution in [3.05, 3.63) is 59.4 Å². The van der Waals surface area contributed by atoms with Crippen LogP contribution in [0.1, 0.15) is 22.8 Å². The molecule has 0 heterocycles. The Kier molecular flexibility index (Phi) is 8.50. The van der Waals surface area contributed by atoms with Crippen LogP contribution in [0, 0.1) is 5.82 Å². The Bertz CT molecular complexity index is 892. The standard InChI is InChI=1S/C20H22FN3O4S/c1-13(12-26-2)23-20(29)24-22-11-14-8-9-17(18(10-14)27-3)28-19(25)15-6-4-5-7-16(15)21/h4-11,13H,12H2,1-3H3,(H2,23,24,29)/b22-11-/t13-/m1/s1. The highest BCUT2D eigenvalue weighted by molar-refractivity contribution is 7.80. The van der Waals surface area contributed by atoms with E-state index in [-0.39, 0.29) is 17.4 Å². The van der Waals surface area contributed by atoms with Gasteiger partial charge in [-0.3, -0.25) is 5.43 Å². The number of rotatable bonds is 8. The van der Waals surface area contributed by atoms with Crippen molar-refractivity contribution in [1.82, 2.24) is 10.7 Å². The van der Waals surface area contributed by atoms with Crippen molar-refractivity contribution < 1.29 is 23.4 Å². The molecule has 0 radical (unpaired) electrons. The molecule has 9 heteroatoms. The van der Waals surface area contributed by atoms with E-state index in [0.717, 1.165) is 0 Å². The zero-order chi connectivity index (χ0) is 21.2. The molecule has 0 aliphatic heterocycles. The Morgan fingerprint density at radius 1 is 1.24 bits per heavy atom. The van der Waals surface area contributed by atoms with Crippen molar-refractivity contribution in [2.45, 2.75) is 13.0 Å². The van der Waals surface area contributed by atoms with Crippen LogP contribution in [-0.4, -0.2) is 44.2 Å². The Morgan fingerprint density at radius 2 is 2.00 bits per heavy atom. The molecule has 0 saturated heterocycles. The van der Waals surface area contributed by atoms with E-state index in [0.29, 0.717) is 23.0 Å². The molecule has 2 N–H and O–H groups in total. The van der Waals surface area contributed by atoms with Gasteiger partial charge in [-0.25, -0.2) is 9.18 Å². The van der Waals surface area contributed by atoms with Gasteiger partial charge in [-0.15, -0.1) is 0 Å². The number of carbonyl (C=O) groups is 1. The molecule has 0 amide bonds. The topological polar surface area (TPSA) is 81.2 Å². The number of nitrogens with one attached hydrogen (secondary N) is 2. The summed E-state index contributed by atoms with van der Waals surface area (Å²) in [6, 6.07) is 10.5. The second-order valence-corrected chi connectivity index (χ2v) is 6.39. The molecule has 154 valence electrons. The third-order valence-corrected chi connectivity index (χ3v) is 3.87. The molecule has 0 aliphatic rings. The van der Waals surface area contributed by atoms with Gasteiger partial charge in [-0.05, 0) is 55.0 Å². The summed E-state index contributed by atoms with van der Waals surface area (Å²) in [6.45, 7) is 2.43. The van der Waals surface area contributed by atoms with E-state index in [9.17, 15) is 9.18 Å². The van der Waals surface area contributed by atoms with Gasteiger partial charge in [-0.2, -0.15) is 5.10 Å². The molecule has 0 unspecified atom stereocenters. The molecule has 0 fully saturated rings. The van der Waals surface area contributed by atoms with Gasteiger partial charge in [0, 0.05) is 13.2 Å². The van der Waals surface area contributed by atoms with Crippen molar-refractivity contribution in [3.8, 4) is 11.5 Å². The average Bonchev–Trinajstić information content (AvgIpc) is 2.69. The van der Waals surface area contributed by atoms with Gasteiger partial charge in [0.15, 0.2) is 16.6 Å². The van der Waals surface area contributed by atoms with Gasteiger partial charge < -0.3 is 19.5 Å². The summed E-state index contributed by atoms with van der Waals surface area (Å²) in [5.41, 5.74) is 3.21. The van der Waals surface area contributed by atoms with E-state index in [1.54, 1.807) is 25.3 Å². The summed E-state index contributed by atoms with van der Waals surface area (Å²) in [6.07, 6.45) is 1.53. The lowest BCUT2D eigenvalue weighted by Crippen LogP contribution is -2.40. The zero-order valence-corrected chi connectivity index (χ0v) is 17.1. The molecule has 2 aromatic rings. The summed E-state index contributed by atoms with van der Waals surface area (Å²) in [7, 11) is 3.04. The number of esters is 1. The first-order valence-corrected chi connectivity index (χ1v) is 9.08. The Balaban J connectivity index is 2.02. The first-order chi connectivity index (χ1) is 13.9. The average molecular weight is 419 g/mol. The van der Waals surface area contributed by atoms with Crippen LogP contribution in [0.2, 0.25) is 0 Å². The van der Waals surface area contributed by atoms with E-state index in [1.165, 1.54) is 37.6 Å². The molecular weight excluding hydrogens is 397 g/mol. The lowest BCUT2D eigenvalue weighted by molar-refractivity contribution is 0.0725. The highest BCUT2D eigenvalue weighted by Crippen LogP contribution is 2.28. The molecule has 2 aromatic carbocycles. The van der Waals surface area contributed by atoms with E-state index >= 15 is 0 Å². The smallest absolute Gasteiger partial charge is 0.346 e. The number of benzene rings is 2. The number of hydrogen-bond donors (Lipinski definition) is 2. The predicted octanol–water partition coefficient (Wildman–Crippen LogP) is 2.89. The number of ether oxygens (including phenoxy) is 3. The summed E-state index contributed by atoms with van der Waals surface area (Å²) < 4.78 is 29.3. The molecule has 0 spiro atoms.